The smallest absolute Gasteiger partial charge is 0.0976 e. The van der Waals surface area contributed by atoms with E-state index in [0.717, 1.165) is 26.1 Å². The Bertz CT molecular complexity index is 173. The first-order valence-electron chi connectivity index (χ1n) is 4.65. The number of rotatable bonds is 2. The lowest BCUT2D eigenvalue weighted by atomic mass is 10.1. The predicted molar refractivity (Wildman–Crippen MR) is 48.7 cm³/mol. The van der Waals surface area contributed by atoms with Gasteiger partial charge in [0, 0.05) is 25.7 Å². The van der Waals surface area contributed by atoms with Gasteiger partial charge in [0.25, 0.3) is 0 Å². The molecule has 1 unspecified atom stereocenters. The zero-order chi connectivity index (χ0) is 8.97. The van der Waals surface area contributed by atoms with Crippen molar-refractivity contribution < 1.29 is 0 Å². The second kappa shape index (κ2) is 4.44. The molecule has 1 aliphatic heterocycles. The molecule has 1 N–H and O–H groups in total. The Morgan fingerprint density at radius 2 is 2.50 bits per heavy atom. The summed E-state index contributed by atoms with van der Waals surface area (Å²) in [7, 11) is 0. The maximum atomic E-state index is 8.85. The lowest BCUT2D eigenvalue weighted by Crippen LogP contribution is -2.52. The Labute approximate surface area is 74.4 Å². The molecule has 1 saturated heterocycles. The Hall–Kier alpha value is -0.590. The number of hydrogen-bond acceptors (Lipinski definition) is 3. The molecule has 1 aliphatic rings. The van der Waals surface area contributed by atoms with Gasteiger partial charge in [-0.15, -0.1) is 0 Å². The van der Waals surface area contributed by atoms with E-state index in [4.69, 9.17) is 5.26 Å². The second-order valence-corrected chi connectivity index (χ2v) is 3.40. The van der Waals surface area contributed by atoms with Crippen LogP contribution in [0.25, 0.3) is 0 Å². The average molecular weight is 167 g/mol. The van der Waals surface area contributed by atoms with Crippen LogP contribution in [0.4, 0.5) is 0 Å². The quantitative estimate of drug-likeness (QED) is 0.654. The molecular weight excluding hydrogens is 150 g/mol. The highest BCUT2D eigenvalue weighted by Crippen LogP contribution is 2.06. The maximum absolute atomic E-state index is 8.85. The summed E-state index contributed by atoms with van der Waals surface area (Å²) in [6.07, 6.45) is 0.934. The molecule has 68 valence electrons. The van der Waals surface area contributed by atoms with Gasteiger partial charge in [0.1, 0.15) is 0 Å². The number of nitrogens with zero attached hydrogens (tertiary/aromatic N) is 2. The van der Waals surface area contributed by atoms with E-state index in [1.807, 2.05) is 0 Å². The normalized spacial score (nSPS) is 27.9. The van der Waals surface area contributed by atoms with Crippen LogP contribution >= 0.6 is 0 Å². The molecule has 1 rings (SSSR count). The van der Waals surface area contributed by atoms with Gasteiger partial charge in [-0.05, 0) is 13.3 Å². The van der Waals surface area contributed by atoms with Crippen molar-refractivity contribution in [2.24, 2.45) is 0 Å². The average Bonchev–Trinajstić information content (AvgIpc) is 2.07. The molecule has 12 heavy (non-hydrogen) atoms. The van der Waals surface area contributed by atoms with Crippen LogP contribution in [0.1, 0.15) is 20.3 Å². The van der Waals surface area contributed by atoms with E-state index in [-0.39, 0.29) is 6.04 Å². The molecular formula is C9H17N3. The first-order valence-corrected chi connectivity index (χ1v) is 4.65. The summed E-state index contributed by atoms with van der Waals surface area (Å²) in [5.41, 5.74) is 0. The van der Waals surface area contributed by atoms with E-state index in [2.05, 4.69) is 30.1 Å². The molecule has 0 bridgehead atoms. The van der Waals surface area contributed by atoms with Gasteiger partial charge in [-0.1, -0.05) is 6.92 Å². The lowest BCUT2D eigenvalue weighted by Gasteiger charge is -2.34. The summed E-state index contributed by atoms with van der Waals surface area (Å²) in [6, 6.07) is 2.99. The van der Waals surface area contributed by atoms with Crippen molar-refractivity contribution in [2.75, 3.05) is 19.6 Å². The zero-order valence-electron chi connectivity index (χ0n) is 7.88. The van der Waals surface area contributed by atoms with E-state index in [1.54, 1.807) is 0 Å². The predicted octanol–water partition coefficient (Wildman–Crippen LogP) is 0.582. The molecule has 3 nitrogen and oxygen atoms in total. The maximum Gasteiger partial charge on any atom is 0.0976 e. The summed E-state index contributed by atoms with van der Waals surface area (Å²) in [4.78, 5) is 2.27. The molecule has 0 saturated carbocycles. The van der Waals surface area contributed by atoms with Crippen LogP contribution in [0, 0.1) is 11.3 Å². The fourth-order valence-electron chi connectivity index (χ4n) is 1.68. The van der Waals surface area contributed by atoms with Crippen molar-refractivity contribution in [1.29, 1.82) is 5.26 Å². The van der Waals surface area contributed by atoms with Gasteiger partial charge in [0.2, 0.25) is 0 Å². The van der Waals surface area contributed by atoms with E-state index >= 15 is 0 Å². The van der Waals surface area contributed by atoms with Gasteiger partial charge in [-0.25, -0.2) is 0 Å². The summed E-state index contributed by atoms with van der Waals surface area (Å²) < 4.78 is 0. The Morgan fingerprint density at radius 3 is 3.00 bits per heavy atom. The van der Waals surface area contributed by atoms with Crippen LogP contribution in [0.2, 0.25) is 0 Å². The van der Waals surface area contributed by atoms with E-state index in [0.29, 0.717) is 6.04 Å². The highest BCUT2D eigenvalue weighted by atomic mass is 15.2. The number of nitriles is 1. The van der Waals surface area contributed by atoms with Crippen LogP contribution in [-0.4, -0.2) is 36.6 Å². The molecule has 1 heterocycles. The molecule has 0 amide bonds. The molecule has 3 heteroatoms. The summed E-state index contributed by atoms with van der Waals surface area (Å²) in [6.45, 7) is 7.26. The second-order valence-electron chi connectivity index (χ2n) is 3.40. The Kier molecular flexibility index (Phi) is 3.51. The molecule has 0 aromatic rings. The van der Waals surface area contributed by atoms with Crippen molar-refractivity contribution in [3.05, 3.63) is 0 Å². The first-order chi connectivity index (χ1) is 5.77. The number of hydrogen-bond donors (Lipinski definition) is 1. The summed E-state index contributed by atoms with van der Waals surface area (Å²) >= 11 is 0. The Morgan fingerprint density at radius 1 is 1.75 bits per heavy atom. The van der Waals surface area contributed by atoms with Crippen molar-refractivity contribution in [3.8, 4) is 6.07 Å². The minimum atomic E-state index is 0.120. The van der Waals surface area contributed by atoms with Crippen LogP contribution in [0.5, 0.6) is 0 Å². The standard InChI is InChI=1S/C9H17N3/c1-3-9(6-10)12-5-4-11-8(2)7-12/h8-9,11H,3-5,7H2,1-2H3/t8-,9?/m0/s1. The summed E-state index contributed by atoms with van der Waals surface area (Å²) in [5, 5.41) is 12.2. The molecule has 2 atom stereocenters. The monoisotopic (exact) mass is 167 g/mol. The van der Waals surface area contributed by atoms with Gasteiger partial charge in [0.05, 0.1) is 12.1 Å². The number of nitrogens with one attached hydrogen (secondary N) is 1. The van der Waals surface area contributed by atoms with Gasteiger partial charge >= 0.3 is 0 Å². The van der Waals surface area contributed by atoms with E-state index in [1.165, 1.54) is 0 Å². The lowest BCUT2D eigenvalue weighted by molar-refractivity contribution is 0.174. The topological polar surface area (TPSA) is 39.1 Å². The van der Waals surface area contributed by atoms with Crippen molar-refractivity contribution in [2.45, 2.75) is 32.4 Å². The minimum Gasteiger partial charge on any atom is -0.312 e. The fraction of sp³-hybridized carbons (Fsp3) is 0.889. The minimum absolute atomic E-state index is 0.120. The summed E-state index contributed by atoms with van der Waals surface area (Å²) in [5.74, 6) is 0. The fourth-order valence-corrected chi connectivity index (χ4v) is 1.68. The van der Waals surface area contributed by atoms with Gasteiger partial charge in [0.15, 0.2) is 0 Å². The third-order valence-electron chi connectivity index (χ3n) is 2.38. The van der Waals surface area contributed by atoms with E-state index in [9.17, 15) is 0 Å². The third kappa shape index (κ3) is 2.20. The zero-order valence-corrected chi connectivity index (χ0v) is 7.88. The molecule has 0 aromatic carbocycles. The molecule has 0 spiro atoms. The van der Waals surface area contributed by atoms with Gasteiger partial charge in [-0.3, -0.25) is 4.90 Å². The van der Waals surface area contributed by atoms with Crippen molar-refractivity contribution >= 4 is 0 Å². The SMILES string of the molecule is CCC(C#N)N1CCN[C@@H](C)C1. The number of piperazine rings is 1. The molecule has 1 fully saturated rings. The third-order valence-corrected chi connectivity index (χ3v) is 2.38. The van der Waals surface area contributed by atoms with Crippen LogP contribution in [0.15, 0.2) is 0 Å². The molecule has 0 aliphatic carbocycles. The molecule has 0 aromatic heterocycles. The van der Waals surface area contributed by atoms with Gasteiger partial charge in [-0.2, -0.15) is 5.26 Å². The molecule has 0 radical (unpaired) electrons. The Balaban J connectivity index is 2.45. The van der Waals surface area contributed by atoms with Crippen LogP contribution < -0.4 is 5.32 Å². The van der Waals surface area contributed by atoms with Crippen molar-refractivity contribution in [1.82, 2.24) is 10.2 Å². The highest BCUT2D eigenvalue weighted by Gasteiger charge is 2.21. The van der Waals surface area contributed by atoms with Crippen molar-refractivity contribution in [3.63, 3.8) is 0 Å². The van der Waals surface area contributed by atoms with Crippen LogP contribution in [-0.2, 0) is 0 Å². The largest absolute Gasteiger partial charge is 0.312 e. The first kappa shape index (κ1) is 9.50. The van der Waals surface area contributed by atoms with E-state index < -0.39 is 0 Å². The van der Waals surface area contributed by atoms with Crippen LogP contribution in [0.3, 0.4) is 0 Å². The van der Waals surface area contributed by atoms with Gasteiger partial charge < -0.3 is 5.32 Å². The highest BCUT2D eigenvalue weighted by molar-refractivity contribution is 4.93.